The predicted molar refractivity (Wildman–Crippen MR) is 89.3 cm³/mol. The number of allylic oxidation sites excluding steroid dienone is 2. The standard InChI is InChI=1S/C15H10F3N3OS2/c1-2-9(15(16,17)18)10-11-12(13(22)21-7-20-11)24-14(10)19-6-8-4-3-5-23-8/h2-5,7H,1,6H2,(H,20,21,22)/b10-9+,19-14?. The highest BCUT2D eigenvalue weighted by atomic mass is 32.2. The Balaban J connectivity index is 2.17. The van der Waals surface area contributed by atoms with E-state index in [0.29, 0.717) is 0 Å². The van der Waals surface area contributed by atoms with Crippen molar-refractivity contribution in [2.75, 3.05) is 0 Å². The number of nitrogens with zero attached hydrogens (tertiary/aromatic N) is 2. The number of aromatic nitrogens is 2. The van der Waals surface area contributed by atoms with Crippen LogP contribution in [-0.4, -0.2) is 21.2 Å². The summed E-state index contributed by atoms with van der Waals surface area (Å²) in [6.07, 6.45) is -2.80. The highest BCUT2D eigenvalue weighted by molar-refractivity contribution is 8.15. The monoisotopic (exact) mass is 369 g/mol. The fourth-order valence-corrected chi connectivity index (χ4v) is 3.84. The number of hydrogen-bond acceptors (Lipinski definition) is 5. The van der Waals surface area contributed by atoms with Gasteiger partial charge in [-0.1, -0.05) is 30.5 Å². The van der Waals surface area contributed by atoms with E-state index in [1.165, 1.54) is 11.3 Å². The molecule has 9 heteroatoms. The smallest absolute Gasteiger partial charge is 0.312 e. The molecular weight excluding hydrogens is 359 g/mol. The summed E-state index contributed by atoms with van der Waals surface area (Å²) < 4.78 is 40.0. The average Bonchev–Trinajstić information content (AvgIpc) is 3.14. The molecule has 3 heterocycles. The molecule has 0 radical (unpaired) electrons. The highest BCUT2D eigenvalue weighted by Gasteiger charge is 2.40. The molecule has 2 aromatic heterocycles. The first kappa shape index (κ1) is 16.7. The molecule has 4 nitrogen and oxygen atoms in total. The SMILES string of the molecule is C=C/C(=C1\C(=NCc2cccs2)Sc2c1nc[nH]c2=O)C(F)(F)F. The molecule has 1 N–H and O–H groups in total. The van der Waals surface area contributed by atoms with Gasteiger partial charge in [-0.3, -0.25) is 9.79 Å². The molecule has 0 spiro atoms. The van der Waals surface area contributed by atoms with E-state index in [0.717, 1.165) is 29.0 Å². The van der Waals surface area contributed by atoms with E-state index in [1.807, 2.05) is 17.5 Å². The van der Waals surface area contributed by atoms with Gasteiger partial charge in [0.1, 0.15) is 9.94 Å². The average molecular weight is 369 g/mol. The third kappa shape index (κ3) is 3.09. The van der Waals surface area contributed by atoms with Crippen molar-refractivity contribution < 1.29 is 13.2 Å². The number of alkyl halides is 3. The van der Waals surface area contributed by atoms with E-state index >= 15 is 0 Å². The molecular formula is C15H10F3N3OS2. The highest BCUT2D eigenvalue weighted by Crippen LogP contribution is 2.43. The number of aliphatic imine (C=N–C) groups is 1. The second-order valence-corrected chi connectivity index (χ2v) is 6.73. The van der Waals surface area contributed by atoms with E-state index in [2.05, 4.69) is 21.5 Å². The van der Waals surface area contributed by atoms with Crippen molar-refractivity contribution in [2.45, 2.75) is 17.6 Å². The van der Waals surface area contributed by atoms with Crippen LogP contribution in [0.3, 0.4) is 0 Å². The Morgan fingerprint density at radius 1 is 1.46 bits per heavy atom. The molecule has 2 aromatic rings. The molecule has 24 heavy (non-hydrogen) atoms. The topological polar surface area (TPSA) is 58.1 Å². The van der Waals surface area contributed by atoms with Crippen molar-refractivity contribution in [1.29, 1.82) is 0 Å². The normalized spacial score (nSPS) is 17.9. The Hall–Kier alpha value is -2.13. The molecule has 0 fully saturated rings. The van der Waals surface area contributed by atoms with Crippen LogP contribution in [0.1, 0.15) is 10.6 Å². The van der Waals surface area contributed by atoms with Crippen LogP contribution in [0.4, 0.5) is 13.2 Å². The summed E-state index contributed by atoms with van der Waals surface area (Å²) in [4.78, 5) is 23.5. The summed E-state index contributed by atoms with van der Waals surface area (Å²) >= 11 is 2.35. The molecule has 0 atom stereocenters. The van der Waals surface area contributed by atoms with Gasteiger partial charge in [0.2, 0.25) is 0 Å². The molecule has 0 aromatic carbocycles. The first-order valence-corrected chi connectivity index (χ1v) is 8.38. The third-order valence-electron chi connectivity index (χ3n) is 3.20. The van der Waals surface area contributed by atoms with Gasteiger partial charge < -0.3 is 4.98 Å². The van der Waals surface area contributed by atoms with E-state index < -0.39 is 17.3 Å². The number of rotatable bonds is 3. The Bertz CT molecular complexity index is 895. The van der Waals surface area contributed by atoms with Crippen LogP contribution in [0.5, 0.6) is 0 Å². The minimum atomic E-state index is -4.62. The summed E-state index contributed by atoms with van der Waals surface area (Å²) in [6.45, 7) is 3.49. The maximum absolute atomic E-state index is 13.3. The zero-order chi connectivity index (χ0) is 17.3. The van der Waals surface area contributed by atoms with Crippen molar-refractivity contribution in [1.82, 2.24) is 9.97 Å². The van der Waals surface area contributed by atoms with Crippen LogP contribution < -0.4 is 5.56 Å². The lowest BCUT2D eigenvalue weighted by atomic mass is 10.1. The molecule has 0 saturated heterocycles. The number of nitrogens with one attached hydrogen (secondary N) is 1. The quantitative estimate of drug-likeness (QED) is 0.888. The van der Waals surface area contributed by atoms with Crippen LogP contribution in [0, 0.1) is 0 Å². The molecule has 0 saturated carbocycles. The molecule has 1 aliphatic rings. The molecule has 0 unspecified atom stereocenters. The van der Waals surface area contributed by atoms with Gasteiger partial charge in [0.25, 0.3) is 5.56 Å². The van der Waals surface area contributed by atoms with Gasteiger partial charge in [0.05, 0.1) is 24.1 Å². The Labute approximate surface area is 142 Å². The molecule has 0 aliphatic carbocycles. The van der Waals surface area contributed by atoms with Crippen LogP contribution in [0.15, 0.2) is 56.8 Å². The van der Waals surface area contributed by atoms with Gasteiger partial charge in [0, 0.05) is 10.5 Å². The lowest BCUT2D eigenvalue weighted by Gasteiger charge is -2.11. The fourth-order valence-electron chi connectivity index (χ4n) is 2.17. The van der Waals surface area contributed by atoms with E-state index in [-0.39, 0.29) is 27.8 Å². The Kier molecular flexibility index (Phi) is 4.46. The second kappa shape index (κ2) is 6.40. The Morgan fingerprint density at radius 3 is 2.88 bits per heavy atom. The molecule has 0 amide bonds. The Morgan fingerprint density at radius 2 is 2.25 bits per heavy atom. The van der Waals surface area contributed by atoms with Crippen molar-refractivity contribution >= 4 is 33.7 Å². The van der Waals surface area contributed by atoms with Crippen molar-refractivity contribution in [2.24, 2.45) is 4.99 Å². The predicted octanol–water partition coefficient (Wildman–Crippen LogP) is 4.04. The number of fused-ring (bicyclic) bond motifs is 1. The minimum Gasteiger partial charge on any atom is -0.312 e. The zero-order valence-corrected chi connectivity index (χ0v) is 13.7. The lowest BCUT2D eigenvalue weighted by molar-refractivity contribution is -0.0874. The summed E-state index contributed by atoms with van der Waals surface area (Å²) in [5.41, 5.74) is -1.65. The molecule has 124 valence electrons. The van der Waals surface area contributed by atoms with Gasteiger partial charge in [-0.25, -0.2) is 4.98 Å². The first-order chi connectivity index (χ1) is 11.4. The van der Waals surface area contributed by atoms with E-state index in [9.17, 15) is 18.0 Å². The molecule has 1 aliphatic heterocycles. The van der Waals surface area contributed by atoms with Gasteiger partial charge >= 0.3 is 6.18 Å². The van der Waals surface area contributed by atoms with E-state index in [1.54, 1.807) is 0 Å². The number of thiophene rings is 1. The van der Waals surface area contributed by atoms with Crippen molar-refractivity contribution in [3.8, 4) is 0 Å². The number of thioether (sulfide) groups is 1. The number of H-pyrrole nitrogens is 1. The van der Waals surface area contributed by atoms with Crippen molar-refractivity contribution in [3.63, 3.8) is 0 Å². The lowest BCUT2D eigenvalue weighted by Crippen LogP contribution is -2.15. The fraction of sp³-hybridized carbons (Fsp3) is 0.133. The maximum Gasteiger partial charge on any atom is 0.417 e. The first-order valence-electron chi connectivity index (χ1n) is 6.69. The van der Waals surface area contributed by atoms with Crippen LogP contribution in [-0.2, 0) is 6.54 Å². The maximum atomic E-state index is 13.3. The summed E-state index contributed by atoms with van der Waals surface area (Å²) in [5, 5.41) is 1.98. The zero-order valence-electron chi connectivity index (χ0n) is 12.1. The van der Waals surface area contributed by atoms with Gasteiger partial charge in [0.15, 0.2) is 0 Å². The van der Waals surface area contributed by atoms with Crippen LogP contribution in [0.25, 0.3) is 5.57 Å². The van der Waals surface area contributed by atoms with E-state index in [4.69, 9.17) is 0 Å². The largest absolute Gasteiger partial charge is 0.417 e. The second-order valence-electron chi connectivity index (χ2n) is 4.70. The molecule has 3 rings (SSSR count). The van der Waals surface area contributed by atoms with Crippen molar-refractivity contribution in [3.05, 3.63) is 63.0 Å². The summed E-state index contributed by atoms with van der Waals surface area (Å²) in [6, 6.07) is 3.68. The minimum absolute atomic E-state index is 0.0131. The summed E-state index contributed by atoms with van der Waals surface area (Å²) in [7, 11) is 0. The number of halogens is 3. The van der Waals surface area contributed by atoms with Crippen LogP contribution in [0.2, 0.25) is 0 Å². The summed E-state index contributed by atoms with van der Waals surface area (Å²) in [5.74, 6) is 0. The van der Waals surface area contributed by atoms with Gasteiger partial charge in [-0.05, 0) is 11.4 Å². The number of aromatic amines is 1. The van der Waals surface area contributed by atoms with Crippen LogP contribution >= 0.6 is 23.1 Å². The number of hydrogen-bond donors (Lipinski definition) is 1. The van der Waals surface area contributed by atoms with Gasteiger partial charge in [-0.2, -0.15) is 13.2 Å². The third-order valence-corrected chi connectivity index (χ3v) is 5.17. The van der Waals surface area contributed by atoms with Gasteiger partial charge in [-0.15, -0.1) is 11.3 Å². The molecule has 0 bridgehead atoms.